The zero-order chi connectivity index (χ0) is 24.2. The van der Waals surface area contributed by atoms with E-state index in [-0.39, 0.29) is 11.8 Å². The van der Waals surface area contributed by atoms with Crippen molar-refractivity contribution in [1.29, 1.82) is 5.26 Å². The minimum atomic E-state index is -0.178. The van der Waals surface area contributed by atoms with Crippen molar-refractivity contribution in [3.8, 4) is 17.2 Å². The summed E-state index contributed by atoms with van der Waals surface area (Å²) in [6.07, 6.45) is 1.70. The van der Waals surface area contributed by atoms with Crippen molar-refractivity contribution >= 4 is 11.6 Å². The minimum Gasteiger partial charge on any atom is -0.353 e. The molecule has 0 aliphatic carbocycles. The number of aryl methyl sites for hydroxylation is 1. The standard InChI is InChI=1S/C29H25N5O/c1-20-25(16-23(18-32-20)24-11-6-5-10-22(24)17-30)29(35)26-12-7-13-28(33-26)34-15-14-31-27(19-34)21-8-3-2-4-9-21/h2-13,16,18,27,31H,14-15,19H2,1H3. The van der Waals surface area contributed by atoms with Gasteiger partial charge < -0.3 is 10.2 Å². The van der Waals surface area contributed by atoms with Crippen LogP contribution in [0.5, 0.6) is 0 Å². The van der Waals surface area contributed by atoms with Crippen LogP contribution in [-0.2, 0) is 0 Å². The summed E-state index contributed by atoms with van der Waals surface area (Å²) in [5, 5.41) is 13.0. The first-order valence-electron chi connectivity index (χ1n) is 11.7. The fraction of sp³-hybridized carbons (Fsp3) is 0.172. The van der Waals surface area contributed by atoms with E-state index in [0.717, 1.165) is 36.6 Å². The van der Waals surface area contributed by atoms with Crippen LogP contribution in [0, 0.1) is 18.3 Å². The van der Waals surface area contributed by atoms with Gasteiger partial charge in [-0.15, -0.1) is 0 Å². The van der Waals surface area contributed by atoms with Gasteiger partial charge in [-0.1, -0.05) is 54.6 Å². The van der Waals surface area contributed by atoms with Crippen LogP contribution >= 0.6 is 0 Å². The molecule has 1 aliphatic rings. The lowest BCUT2D eigenvalue weighted by molar-refractivity contribution is 0.103. The molecule has 1 fully saturated rings. The highest BCUT2D eigenvalue weighted by Gasteiger charge is 2.23. The van der Waals surface area contributed by atoms with Crippen LogP contribution in [0.15, 0.2) is 85.1 Å². The average Bonchev–Trinajstić information content (AvgIpc) is 2.93. The van der Waals surface area contributed by atoms with E-state index in [4.69, 9.17) is 4.98 Å². The van der Waals surface area contributed by atoms with Crippen molar-refractivity contribution < 1.29 is 4.79 Å². The monoisotopic (exact) mass is 459 g/mol. The molecule has 5 rings (SSSR count). The van der Waals surface area contributed by atoms with Gasteiger partial charge in [0.2, 0.25) is 5.78 Å². The molecule has 2 aromatic heterocycles. The molecule has 1 aliphatic heterocycles. The number of aromatic nitrogens is 2. The first-order valence-corrected chi connectivity index (χ1v) is 11.7. The van der Waals surface area contributed by atoms with Crippen molar-refractivity contribution in [3.05, 3.63) is 113 Å². The van der Waals surface area contributed by atoms with Crippen molar-refractivity contribution in [2.24, 2.45) is 0 Å². The molecule has 0 saturated carbocycles. The zero-order valence-electron chi connectivity index (χ0n) is 19.5. The van der Waals surface area contributed by atoms with Gasteiger partial charge in [0.25, 0.3) is 0 Å². The quantitative estimate of drug-likeness (QED) is 0.436. The summed E-state index contributed by atoms with van der Waals surface area (Å²) in [7, 11) is 0. The summed E-state index contributed by atoms with van der Waals surface area (Å²) < 4.78 is 0. The lowest BCUT2D eigenvalue weighted by atomic mass is 9.97. The largest absolute Gasteiger partial charge is 0.353 e. The molecule has 3 heterocycles. The maximum Gasteiger partial charge on any atom is 0.213 e. The summed E-state index contributed by atoms with van der Waals surface area (Å²) >= 11 is 0. The molecule has 2 aromatic carbocycles. The number of carbonyl (C=O) groups is 1. The summed E-state index contributed by atoms with van der Waals surface area (Å²) in [5.41, 5.74) is 4.78. The van der Waals surface area contributed by atoms with Gasteiger partial charge >= 0.3 is 0 Å². The Morgan fingerprint density at radius 1 is 1.06 bits per heavy atom. The van der Waals surface area contributed by atoms with Crippen molar-refractivity contribution in [2.75, 3.05) is 24.5 Å². The Hall–Kier alpha value is -4.34. The second-order valence-corrected chi connectivity index (χ2v) is 8.59. The molecule has 1 atom stereocenters. The molecule has 35 heavy (non-hydrogen) atoms. The average molecular weight is 460 g/mol. The van der Waals surface area contributed by atoms with Crippen LogP contribution in [0.2, 0.25) is 0 Å². The Labute approximate surface area is 204 Å². The molecule has 0 amide bonds. The number of nitrogens with zero attached hydrogens (tertiary/aromatic N) is 4. The summed E-state index contributed by atoms with van der Waals surface area (Å²) in [6.45, 7) is 4.24. The zero-order valence-corrected chi connectivity index (χ0v) is 19.5. The van der Waals surface area contributed by atoms with Gasteiger partial charge in [0, 0.05) is 54.3 Å². The number of hydrogen-bond donors (Lipinski definition) is 1. The molecule has 0 radical (unpaired) electrons. The first kappa shape index (κ1) is 22.5. The Balaban J connectivity index is 1.43. The van der Waals surface area contributed by atoms with E-state index in [0.29, 0.717) is 22.5 Å². The van der Waals surface area contributed by atoms with E-state index in [1.54, 1.807) is 18.3 Å². The van der Waals surface area contributed by atoms with E-state index in [1.165, 1.54) is 5.56 Å². The van der Waals surface area contributed by atoms with Gasteiger partial charge in [-0.2, -0.15) is 5.26 Å². The Morgan fingerprint density at radius 2 is 1.86 bits per heavy atom. The van der Waals surface area contributed by atoms with Crippen molar-refractivity contribution in [1.82, 2.24) is 15.3 Å². The number of benzene rings is 2. The molecule has 1 N–H and O–H groups in total. The number of carbonyl (C=O) groups excluding carboxylic acids is 1. The van der Waals surface area contributed by atoms with E-state index in [9.17, 15) is 10.1 Å². The Kier molecular flexibility index (Phi) is 6.34. The number of nitrogens with one attached hydrogen (secondary N) is 1. The van der Waals surface area contributed by atoms with Gasteiger partial charge in [-0.3, -0.25) is 9.78 Å². The van der Waals surface area contributed by atoms with Crippen LogP contribution in [0.25, 0.3) is 11.1 Å². The third-order valence-electron chi connectivity index (χ3n) is 6.36. The summed E-state index contributed by atoms with van der Waals surface area (Å²) in [6, 6.07) is 27.5. The van der Waals surface area contributed by atoms with Gasteiger partial charge in [0.15, 0.2) is 0 Å². The molecule has 1 unspecified atom stereocenters. The highest BCUT2D eigenvalue weighted by Crippen LogP contribution is 2.26. The second kappa shape index (κ2) is 9.88. The van der Waals surface area contributed by atoms with Crippen molar-refractivity contribution in [3.63, 3.8) is 0 Å². The van der Waals surface area contributed by atoms with Gasteiger partial charge in [0.05, 0.1) is 11.6 Å². The summed E-state index contributed by atoms with van der Waals surface area (Å²) in [5.74, 6) is 0.609. The van der Waals surface area contributed by atoms with E-state index >= 15 is 0 Å². The third kappa shape index (κ3) is 4.68. The van der Waals surface area contributed by atoms with Gasteiger partial charge in [-0.25, -0.2) is 4.98 Å². The molecule has 0 bridgehead atoms. The number of ketones is 1. The minimum absolute atomic E-state index is 0.178. The summed E-state index contributed by atoms with van der Waals surface area (Å²) in [4.78, 5) is 24.9. The van der Waals surface area contributed by atoms with Crippen LogP contribution in [0.1, 0.15) is 38.9 Å². The fourth-order valence-corrected chi connectivity index (χ4v) is 4.47. The number of hydrogen-bond acceptors (Lipinski definition) is 6. The fourth-order valence-electron chi connectivity index (χ4n) is 4.47. The second-order valence-electron chi connectivity index (χ2n) is 8.59. The normalized spacial score (nSPS) is 15.4. The maximum atomic E-state index is 13.5. The first-order chi connectivity index (χ1) is 17.1. The van der Waals surface area contributed by atoms with Crippen LogP contribution in [-0.4, -0.2) is 35.4 Å². The molecule has 6 nitrogen and oxygen atoms in total. The lowest BCUT2D eigenvalue weighted by Crippen LogP contribution is -2.46. The Morgan fingerprint density at radius 3 is 2.69 bits per heavy atom. The predicted octanol–water partition coefficient (Wildman–Crippen LogP) is 4.71. The van der Waals surface area contributed by atoms with E-state index in [2.05, 4.69) is 33.4 Å². The molecular weight excluding hydrogens is 434 g/mol. The Bertz CT molecular complexity index is 1410. The predicted molar refractivity (Wildman–Crippen MR) is 136 cm³/mol. The topological polar surface area (TPSA) is 81.9 Å². The lowest BCUT2D eigenvalue weighted by Gasteiger charge is -2.35. The SMILES string of the molecule is Cc1ncc(-c2ccccc2C#N)cc1C(=O)c1cccc(N2CCNC(c3ccccc3)C2)n1. The van der Waals surface area contributed by atoms with E-state index in [1.807, 2.05) is 61.5 Å². The molecule has 4 aromatic rings. The number of nitriles is 1. The number of piperazine rings is 1. The molecular formula is C29H25N5O. The van der Waals surface area contributed by atoms with Crippen molar-refractivity contribution in [2.45, 2.75) is 13.0 Å². The van der Waals surface area contributed by atoms with Crippen LogP contribution in [0.4, 0.5) is 5.82 Å². The van der Waals surface area contributed by atoms with Crippen LogP contribution < -0.4 is 10.2 Å². The van der Waals surface area contributed by atoms with Crippen LogP contribution in [0.3, 0.4) is 0 Å². The molecule has 6 heteroatoms. The molecule has 172 valence electrons. The number of rotatable bonds is 5. The molecule has 1 saturated heterocycles. The number of anilines is 1. The van der Waals surface area contributed by atoms with Gasteiger partial charge in [-0.05, 0) is 36.8 Å². The van der Waals surface area contributed by atoms with E-state index < -0.39 is 0 Å². The third-order valence-corrected chi connectivity index (χ3v) is 6.36. The highest BCUT2D eigenvalue weighted by molar-refractivity contribution is 6.09. The van der Waals surface area contributed by atoms with Gasteiger partial charge in [0.1, 0.15) is 11.5 Å². The molecule has 0 spiro atoms. The highest BCUT2D eigenvalue weighted by atomic mass is 16.1. The smallest absolute Gasteiger partial charge is 0.213 e. The number of pyridine rings is 2. The maximum absolute atomic E-state index is 13.5.